The van der Waals surface area contributed by atoms with Gasteiger partial charge in [-0.25, -0.2) is 0 Å². The van der Waals surface area contributed by atoms with E-state index in [-0.39, 0.29) is 28.3 Å². The van der Waals surface area contributed by atoms with Crippen molar-refractivity contribution in [3.63, 3.8) is 0 Å². The molecule has 13 atom stereocenters. The predicted molar refractivity (Wildman–Crippen MR) is 171 cm³/mol. The van der Waals surface area contributed by atoms with Crippen molar-refractivity contribution in [1.82, 2.24) is 0 Å². The van der Waals surface area contributed by atoms with Crippen molar-refractivity contribution >= 4 is 11.9 Å². The van der Waals surface area contributed by atoms with Crippen molar-refractivity contribution in [2.75, 3.05) is 6.61 Å². The van der Waals surface area contributed by atoms with Gasteiger partial charge in [-0.2, -0.15) is 0 Å². The van der Waals surface area contributed by atoms with Crippen LogP contribution in [0.2, 0.25) is 0 Å². The summed E-state index contributed by atoms with van der Waals surface area (Å²) < 4.78 is 12.1. The quantitative estimate of drug-likeness (QED) is 0.240. The van der Waals surface area contributed by atoms with Crippen LogP contribution < -0.4 is 0 Å². The molecule has 0 bridgehead atoms. The highest BCUT2D eigenvalue weighted by Crippen LogP contribution is 2.76. The van der Waals surface area contributed by atoms with Gasteiger partial charge in [0.05, 0.1) is 36.3 Å². The smallest absolute Gasteiger partial charge is 0.309 e. The fourth-order valence-corrected chi connectivity index (χ4v) is 11.9. The van der Waals surface area contributed by atoms with Crippen LogP contribution in [0.5, 0.6) is 0 Å². The first kappa shape index (κ1) is 34.8. The molecule has 8 nitrogen and oxygen atoms in total. The molecule has 45 heavy (non-hydrogen) atoms. The number of aliphatic hydroxyl groups excluding tert-OH is 4. The molecule has 0 aromatic carbocycles. The van der Waals surface area contributed by atoms with Crippen molar-refractivity contribution in [2.45, 2.75) is 145 Å². The van der Waals surface area contributed by atoms with Crippen LogP contribution in [0.1, 0.15) is 114 Å². The molecule has 0 spiro atoms. The monoisotopic (exact) mass is 632 g/mol. The van der Waals surface area contributed by atoms with E-state index in [1.807, 2.05) is 20.8 Å². The lowest BCUT2D eigenvalue weighted by Gasteiger charge is -2.73. The summed E-state index contributed by atoms with van der Waals surface area (Å²) in [5, 5.41) is 47.4. The Morgan fingerprint density at radius 2 is 1.58 bits per heavy atom. The number of carbonyl (C=O) groups is 2. The average molecular weight is 633 g/mol. The van der Waals surface area contributed by atoms with Gasteiger partial charge in [-0.05, 0) is 78.9 Å². The number of esters is 2. The van der Waals surface area contributed by atoms with E-state index in [2.05, 4.69) is 40.7 Å². The van der Waals surface area contributed by atoms with Crippen LogP contribution >= 0.6 is 0 Å². The first-order chi connectivity index (χ1) is 20.7. The number of hydrogen-bond donors (Lipinski definition) is 4. The maximum atomic E-state index is 13.4. The van der Waals surface area contributed by atoms with Crippen molar-refractivity contribution in [3.05, 3.63) is 11.6 Å². The van der Waals surface area contributed by atoms with E-state index in [1.165, 1.54) is 6.92 Å². The molecule has 0 radical (unpaired) electrons. The molecule has 5 aliphatic carbocycles. The van der Waals surface area contributed by atoms with E-state index in [9.17, 15) is 30.0 Å². The van der Waals surface area contributed by atoms with Gasteiger partial charge in [0.15, 0.2) is 6.10 Å². The third-order valence-electron chi connectivity index (χ3n) is 15.0. The fraction of sp³-hybridized carbons (Fsp3) is 0.892. The molecule has 5 rings (SSSR count). The maximum Gasteiger partial charge on any atom is 0.309 e. The number of hydrogen-bond acceptors (Lipinski definition) is 8. The van der Waals surface area contributed by atoms with Gasteiger partial charge in [0.1, 0.15) is 6.10 Å². The van der Waals surface area contributed by atoms with Gasteiger partial charge in [-0.3, -0.25) is 9.59 Å². The largest absolute Gasteiger partial charge is 0.458 e. The van der Waals surface area contributed by atoms with Crippen molar-refractivity contribution in [3.8, 4) is 0 Å². The summed E-state index contributed by atoms with van der Waals surface area (Å²) in [6, 6.07) is 0. The lowest BCUT2D eigenvalue weighted by Crippen LogP contribution is -2.76. The topological polar surface area (TPSA) is 134 Å². The molecule has 4 N–H and O–H groups in total. The molecule has 0 aromatic rings. The Hall–Kier alpha value is -1.48. The van der Waals surface area contributed by atoms with Crippen LogP contribution in [0, 0.1) is 56.2 Å². The molecule has 0 saturated heterocycles. The van der Waals surface area contributed by atoms with Crippen LogP contribution in [0.15, 0.2) is 11.6 Å². The minimum absolute atomic E-state index is 0.0580. The Kier molecular flexibility index (Phi) is 8.54. The van der Waals surface area contributed by atoms with Gasteiger partial charge in [-0.15, -0.1) is 0 Å². The summed E-state index contributed by atoms with van der Waals surface area (Å²) in [5.41, 5.74) is -2.58. The second-order valence-electron chi connectivity index (χ2n) is 17.6. The number of rotatable bonds is 5. The normalized spacial score (nSPS) is 48.8. The summed E-state index contributed by atoms with van der Waals surface area (Å²) in [6.45, 7) is 19.6. The molecule has 5 aliphatic rings. The molecule has 0 amide bonds. The Morgan fingerprint density at radius 3 is 2.16 bits per heavy atom. The van der Waals surface area contributed by atoms with Crippen molar-refractivity contribution in [1.29, 1.82) is 0 Å². The number of ether oxygens (including phenoxy) is 2. The molecular formula is C37H60O8. The van der Waals surface area contributed by atoms with Gasteiger partial charge in [0.2, 0.25) is 0 Å². The number of aliphatic hydroxyl groups is 4. The van der Waals surface area contributed by atoms with Gasteiger partial charge < -0.3 is 29.9 Å². The summed E-state index contributed by atoms with van der Waals surface area (Å²) in [6.07, 6.45) is 2.40. The average Bonchev–Trinajstić information content (AvgIpc) is 2.96. The molecule has 0 heterocycles. The summed E-state index contributed by atoms with van der Waals surface area (Å²) >= 11 is 0. The van der Waals surface area contributed by atoms with E-state index >= 15 is 0 Å². The van der Waals surface area contributed by atoms with E-state index in [4.69, 9.17) is 9.47 Å². The number of allylic oxidation sites excluding steroid dienone is 1. The maximum absolute atomic E-state index is 13.4. The zero-order valence-electron chi connectivity index (χ0n) is 29.4. The van der Waals surface area contributed by atoms with Gasteiger partial charge >= 0.3 is 11.9 Å². The highest BCUT2D eigenvalue weighted by molar-refractivity contribution is 5.72. The SMILES string of the molecule is CCC(C)C(=O)O[C@H]1[C@H](OC(C)=O)C(C)(C)C[C@@H]2C3=CC[C@@H]4[C@@]5(C)CC[C@H](O)C(C)(C)[C@@H]5CC[C@@]4(C)[C@]3(C)[C@@H](O)[C@@H](O)[C@]21CO. The van der Waals surface area contributed by atoms with Gasteiger partial charge in [0, 0.05) is 17.8 Å². The molecule has 4 saturated carbocycles. The minimum atomic E-state index is -1.47. The van der Waals surface area contributed by atoms with Crippen LogP contribution in [-0.4, -0.2) is 69.5 Å². The molecule has 1 unspecified atom stereocenters. The van der Waals surface area contributed by atoms with Crippen molar-refractivity contribution < 1.29 is 39.5 Å². The molecule has 256 valence electrons. The van der Waals surface area contributed by atoms with Crippen LogP contribution in [0.4, 0.5) is 0 Å². The van der Waals surface area contributed by atoms with Gasteiger partial charge in [0.25, 0.3) is 0 Å². The zero-order valence-corrected chi connectivity index (χ0v) is 29.4. The fourth-order valence-electron chi connectivity index (χ4n) is 11.9. The Balaban J connectivity index is 1.68. The Labute approximate surface area is 270 Å². The second-order valence-corrected chi connectivity index (χ2v) is 17.6. The molecule has 0 aliphatic heterocycles. The summed E-state index contributed by atoms with van der Waals surface area (Å²) in [7, 11) is 0. The molecule has 4 fully saturated rings. The minimum Gasteiger partial charge on any atom is -0.458 e. The number of fused-ring (bicyclic) bond motifs is 7. The summed E-state index contributed by atoms with van der Waals surface area (Å²) in [5.74, 6) is -1.31. The lowest BCUT2D eigenvalue weighted by molar-refractivity contribution is -0.293. The zero-order chi connectivity index (χ0) is 33.7. The first-order valence-corrected chi connectivity index (χ1v) is 17.4. The number of carbonyl (C=O) groups excluding carboxylic acids is 2. The first-order valence-electron chi connectivity index (χ1n) is 17.4. The highest BCUT2D eigenvalue weighted by atomic mass is 16.6. The van der Waals surface area contributed by atoms with Crippen LogP contribution in [0.3, 0.4) is 0 Å². The van der Waals surface area contributed by atoms with Crippen LogP contribution in [0.25, 0.3) is 0 Å². The standard InChI is InChI=1S/C37H60O8/c1-11-20(2)31(43)45-30-29(44-21(3)39)32(4,5)18-23-22-12-13-25-34(8)16-15-26(40)33(6,7)24(34)14-17-35(25,9)36(22,10)27(41)28(42)37(23,30)19-38/h12,20,23-30,38,40-42H,11,13-19H2,1-10H3/t20?,23-,24+,25-,26+,27+,28-,29+,30+,34+,35-,36+,37+/m1/s1. The van der Waals surface area contributed by atoms with Crippen molar-refractivity contribution in [2.24, 2.45) is 56.2 Å². The van der Waals surface area contributed by atoms with E-state index in [1.54, 1.807) is 6.92 Å². The molecule has 0 aromatic heterocycles. The van der Waals surface area contributed by atoms with E-state index < -0.39 is 71.0 Å². The molecular weight excluding hydrogens is 572 g/mol. The van der Waals surface area contributed by atoms with Crippen LogP contribution in [-0.2, 0) is 19.1 Å². The lowest BCUT2D eigenvalue weighted by atomic mass is 9.32. The van der Waals surface area contributed by atoms with Gasteiger partial charge in [-0.1, -0.05) is 74.0 Å². The molecule has 8 heteroatoms. The second kappa shape index (κ2) is 11.0. The summed E-state index contributed by atoms with van der Waals surface area (Å²) in [4.78, 5) is 25.9. The Bertz CT molecular complexity index is 1220. The van der Waals surface area contributed by atoms with E-state index in [0.29, 0.717) is 18.8 Å². The van der Waals surface area contributed by atoms with E-state index in [0.717, 1.165) is 37.7 Å². The third kappa shape index (κ3) is 4.50. The third-order valence-corrected chi connectivity index (χ3v) is 15.0. The Morgan fingerprint density at radius 1 is 0.933 bits per heavy atom. The predicted octanol–water partition coefficient (Wildman–Crippen LogP) is 5.19. The highest BCUT2D eigenvalue weighted by Gasteiger charge is 2.76.